The number of amides is 1. The lowest BCUT2D eigenvalue weighted by molar-refractivity contribution is -0.138. The lowest BCUT2D eigenvalue weighted by Gasteiger charge is -2.22. The van der Waals surface area contributed by atoms with E-state index in [2.05, 4.69) is 39.4 Å². The molecule has 11 heteroatoms. The summed E-state index contributed by atoms with van der Waals surface area (Å²) in [7, 11) is 0. The Morgan fingerprint density at radius 3 is 2.17 bits per heavy atom. The van der Waals surface area contributed by atoms with Crippen molar-refractivity contribution in [2.24, 2.45) is 5.92 Å². The number of carboxylic acid groups (broad SMARTS) is 1. The Balaban J connectivity index is 1.70. The second-order valence-electron chi connectivity index (χ2n) is 8.57. The fraction of sp³-hybridized carbons (Fsp3) is 0.320. The fourth-order valence-corrected chi connectivity index (χ4v) is 3.43. The highest BCUT2D eigenvalue weighted by molar-refractivity contribution is 5.92. The van der Waals surface area contributed by atoms with Crippen molar-refractivity contribution in [3.63, 3.8) is 0 Å². The van der Waals surface area contributed by atoms with Gasteiger partial charge in [-0.2, -0.15) is 13.2 Å². The Morgan fingerprint density at radius 1 is 0.972 bits per heavy atom. The third kappa shape index (κ3) is 7.49. The minimum Gasteiger partial charge on any atom is -0.481 e. The molecule has 8 nitrogen and oxygen atoms in total. The summed E-state index contributed by atoms with van der Waals surface area (Å²) in [5.41, 5.74) is 1.36. The van der Waals surface area contributed by atoms with Gasteiger partial charge in [0.15, 0.2) is 5.82 Å². The summed E-state index contributed by atoms with van der Waals surface area (Å²) in [6.45, 7) is 4.14. The van der Waals surface area contributed by atoms with E-state index < -0.39 is 23.6 Å². The van der Waals surface area contributed by atoms with Gasteiger partial charge in [0.1, 0.15) is 5.69 Å². The number of benzene rings is 1. The number of halogens is 3. The van der Waals surface area contributed by atoms with E-state index in [9.17, 15) is 22.8 Å². The topological polar surface area (TPSA) is 117 Å². The fourth-order valence-electron chi connectivity index (χ4n) is 3.43. The Bertz CT molecular complexity index is 1170. The minimum absolute atomic E-state index is 0.0115. The lowest BCUT2D eigenvalue weighted by Crippen LogP contribution is -2.27. The number of carbonyl (C=O) groups excluding carboxylic acids is 1. The van der Waals surface area contributed by atoms with E-state index in [1.165, 1.54) is 12.1 Å². The first kappa shape index (κ1) is 26.6. The molecule has 3 N–H and O–H groups in total. The van der Waals surface area contributed by atoms with E-state index in [4.69, 9.17) is 5.11 Å². The number of carboxylic acids is 1. The van der Waals surface area contributed by atoms with E-state index in [1.54, 1.807) is 30.7 Å². The number of nitrogens with zero attached hydrogens (tertiary/aromatic N) is 3. The molecule has 3 rings (SSSR count). The van der Waals surface area contributed by atoms with Gasteiger partial charge in [-0.3, -0.25) is 14.6 Å². The molecule has 0 aliphatic carbocycles. The van der Waals surface area contributed by atoms with Crippen molar-refractivity contribution in [1.82, 2.24) is 20.3 Å². The molecule has 1 unspecified atom stereocenters. The van der Waals surface area contributed by atoms with Crippen LogP contribution in [0.4, 0.5) is 18.9 Å². The van der Waals surface area contributed by atoms with Crippen molar-refractivity contribution in [2.45, 2.75) is 38.9 Å². The summed E-state index contributed by atoms with van der Waals surface area (Å²) in [5, 5.41) is 14.5. The van der Waals surface area contributed by atoms with Crippen LogP contribution in [0.3, 0.4) is 0 Å². The van der Waals surface area contributed by atoms with Gasteiger partial charge in [0.2, 0.25) is 0 Å². The molecule has 190 valence electrons. The first-order valence-electron chi connectivity index (χ1n) is 11.2. The number of nitrogens with one attached hydrogen (secondary N) is 2. The Labute approximate surface area is 206 Å². The number of anilines is 1. The largest absolute Gasteiger partial charge is 0.481 e. The van der Waals surface area contributed by atoms with Crippen molar-refractivity contribution >= 4 is 17.6 Å². The van der Waals surface area contributed by atoms with Crippen molar-refractivity contribution in [3.8, 4) is 11.4 Å². The third-order valence-electron chi connectivity index (χ3n) is 5.22. The zero-order valence-electron chi connectivity index (χ0n) is 19.7. The number of hydrogen-bond acceptors (Lipinski definition) is 6. The highest BCUT2D eigenvalue weighted by Crippen LogP contribution is 2.31. The number of alkyl halides is 3. The van der Waals surface area contributed by atoms with Gasteiger partial charge < -0.3 is 15.7 Å². The quantitative estimate of drug-likeness (QED) is 0.359. The molecular formula is C25H26F3N5O3. The summed E-state index contributed by atoms with van der Waals surface area (Å²) in [5.74, 6) is -0.829. The zero-order chi connectivity index (χ0) is 26.3. The van der Waals surface area contributed by atoms with E-state index in [0.717, 1.165) is 24.1 Å². The third-order valence-corrected chi connectivity index (χ3v) is 5.22. The molecule has 2 heterocycles. The zero-order valence-corrected chi connectivity index (χ0v) is 19.7. The van der Waals surface area contributed by atoms with Crippen LogP contribution in [0.1, 0.15) is 54.3 Å². The molecule has 1 atom stereocenters. The van der Waals surface area contributed by atoms with Crippen LogP contribution in [0.15, 0.2) is 55.0 Å². The summed E-state index contributed by atoms with van der Waals surface area (Å²) >= 11 is 0. The van der Waals surface area contributed by atoms with Gasteiger partial charge in [-0.25, -0.2) is 9.97 Å². The van der Waals surface area contributed by atoms with E-state index in [0.29, 0.717) is 23.0 Å². The molecule has 1 amide bonds. The van der Waals surface area contributed by atoms with Crippen LogP contribution >= 0.6 is 0 Å². The van der Waals surface area contributed by atoms with Crippen LogP contribution in [0.5, 0.6) is 0 Å². The molecule has 0 saturated heterocycles. The van der Waals surface area contributed by atoms with Crippen molar-refractivity contribution in [3.05, 3.63) is 71.8 Å². The maximum atomic E-state index is 12.8. The summed E-state index contributed by atoms with van der Waals surface area (Å²) in [6.07, 6.45) is 0.867. The van der Waals surface area contributed by atoms with Gasteiger partial charge in [0, 0.05) is 18.3 Å². The van der Waals surface area contributed by atoms with Crippen molar-refractivity contribution < 1.29 is 27.9 Å². The number of pyridine rings is 1. The summed E-state index contributed by atoms with van der Waals surface area (Å²) < 4.78 is 38.3. The average Bonchev–Trinajstić information content (AvgIpc) is 2.83. The maximum absolute atomic E-state index is 12.8. The SMILES string of the molecule is CC(C)CC(Nc1cnc(-c2ccc(C(F)(F)F)cc2)nc1)c1ccc(C(=O)NCCC(=O)O)nc1. The summed E-state index contributed by atoms with van der Waals surface area (Å²) in [4.78, 5) is 35.5. The minimum atomic E-state index is -4.41. The molecule has 3 aromatic rings. The Hall–Kier alpha value is -4.02. The number of aliphatic carboxylic acids is 1. The highest BCUT2D eigenvalue weighted by atomic mass is 19.4. The molecule has 0 fully saturated rings. The number of carbonyl (C=O) groups is 2. The summed E-state index contributed by atoms with van der Waals surface area (Å²) in [6, 6.07) is 7.83. The van der Waals surface area contributed by atoms with Gasteiger partial charge in [-0.15, -0.1) is 0 Å². The second kappa shape index (κ2) is 11.6. The first-order valence-corrected chi connectivity index (χ1v) is 11.2. The maximum Gasteiger partial charge on any atom is 0.416 e. The molecule has 0 saturated carbocycles. The lowest BCUT2D eigenvalue weighted by atomic mass is 9.98. The van der Waals surface area contributed by atoms with Gasteiger partial charge in [0.05, 0.1) is 36.1 Å². The van der Waals surface area contributed by atoms with Crippen LogP contribution in [0.25, 0.3) is 11.4 Å². The van der Waals surface area contributed by atoms with Crippen LogP contribution in [0.2, 0.25) is 0 Å². The standard InChI is InChI=1S/C25H26F3N5O3/c1-15(2)11-21(17-5-8-20(30-12-17)24(36)29-10-9-22(34)35)33-19-13-31-23(32-14-19)16-3-6-18(7-4-16)25(26,27)28/h3-8,12-15,21,33H,9-11H2,1-2H3,(H,29,36)(H,34,35). The second-order valence-corrected chi connectivity index (χ2v) is 8.57. The van der Waals surface area contributed by atoms with Crippen molar-refractivity contribution in [2.75, 3.05) is 11.9 Å². The van der Waals surface area contributed by atoms with Crippen LogP contribution < -0.4 is 10.6 Å². The number of hydrogen-bond donors (Lipinski definition) is 3. The molecule has 1 aromatic carbocycles. The predicted octanol–water partition coefficient (Wildman–Crippen LogP) is 4.96. The Kier molecular flexibility index (Phi) is 8.57. The number of aromatic nitrogens is 3. The monoisotopic (exact) mass is 501 g/mol. The van der Waals surface area contributed by atoms with E-state index in [1.807, 2.05) is 0 Å². The smallest absolute Gasteiger partial charge is 0.416 e. The molecule has 36 heavy (non-hydrogen) atoms. The van der Waals surface area contributed by atoms with Crippen molar-refractivity contribution in [1.29, 1.82) is 0 Å². The molecule has 2 aromatic heterocycles. The molecule has 0 spiro atoms. The van der Waals surface area contributed by atoms with E-state index in [-0.39, 0.29) is 24.7 Å². The van der Waals surface area contributed by atoms with Gasteiger partial charge in [-0.1, -0.05) is 32.0 Å². The first-order chi connectivity index (χ1) is 17.0. The van der Waals surface area contributed by atoms with Crippen LogP contribution in [-0.4, -0.2) is 38.5 Å². The predicted molar refractivity (Wildman–Crippen MR) is 127 cm³/mol. The highest BCUT2D eigenvalue weighted by Gasteiger charge is 2.30. The molecule has 0 aliphatic rings. The average molecular weight is 502 g/mol. The Morgan fingerprint density at radius 2 is 1.64 bits per heavy atom. The van der Waals surface area contributed by atoms with Gasteiger partial charge in [0.25, 0.3) is 5.91 Å². The number of rotatable bonds is 10. The van der Waals surface area contributed by atoms with Gasteiger partial charge in [-0.05, 0) is 36.1 Å². The van der Waals surface area contributed by atoms with E-state index >= 15 is 0 Å². The van der Waals surface area contributed by atoms with Crippen LogP contribution in [-0.2, 0) is 11.0 Å². The molecular weight excluding hydrogens is 475 g/mol. The van der Waals surface area contributed by atoms with Crippen LogP contribution in [0, 0.1) is 5.92 Å². The molecule has 0 aliphatic heterocycles. The molecule has 0 radical (unpaired) electrons. The van der Waals surface area contributed by atoms with Gasteiger partial charge >= 0.3 is 12.1 Å². The normalized spacial score (nSPS) is 12.3. The molecule has 0 bridgehead atoms.